The van der Waals surface area contributed by atoms with Crippen molar-refractivity contribution in [1.82, 2.24) is 4.98 Å². The van der Waals surface area contributed by atoms with Gasteiger partial charge in [0.05, 0.1) is 10.0 Å². The Kier molecular flexibility index (Phi) is 3.07. The van der Waals surface area contributed by atoms with Crippen molar-refractivity contribution in [2.75, 3.05) is 11.9 Å². The first kappa shape index (κ1) is 13.0. The number of hydrogen-bond acceptors (Lipinski definition) is 2. The summed E-state index contributed by atoms with van der Waals surface area (Å²) < 4.78 is 0. The van der Waals surface area contributed by atoms with Gasteiger partial charge in [-0.15, -0.1) is 0 Å². The largest absolute Gasteiger partial charge is 0.369 e. The lowest BCUT2D eigenvalue weighted by Crippen LogP contribution is -2.09. The predicted molar refractivity (Wildman–Crippen MR) is 73.8 cm³/mol. The Balaban J connectivity index is 2.00. The van der Waals surface area contributed by atoms with Gasteiger partial charge in [0.1, 0.15) is 5.82 Å². The van der Waals surface area contributed by atoms with E-state index < -0.39 is 0 Å². The molecule has 0 spiro atoms. The smallest absolute Gasteiger partial charge is 0.144 e. The van der Waals surface area contributed by atoms with E-state index in [4.69, 9.17) is 23.2 Å². The number of rotatable bonds is 3. The SMILES string of the molecule is CC1(C)C(CNc2ncc(Cl)cc2Cl)C1(C)C. The first-order valence-corrected chi connectivity index (χ1v) is 6.57. The summed E-state index contributed by atoms with van der Waals surface area (Å²) in [6.45, 7) is 10.1. The average Bonchev–Trinajstić information content (AvgIpc) is 2.58. The van der Waals surface area contributed by atoms with Crippen LogP contribution in [0.4, 0.5) is 5.82 Å². The van der Waals surface area contributed by atoms with Gasteiger partial charge < -0.3 is 5.32 Å². The fourth-order valence-corrected chi connectivity index (χ4v) is 3.03. The van der Waals surface area contributed by atoms with Crippen LogP contribution in [-0.2, 0) is 0 Å². The summed E-state index contributed by atoms with van der Waals surface area (Å²) in [4.78, 5) is 4.20. The molecule has 0 aliphatic heterocycles. The highest BCUT2D eigenvalue weighted by molar-refractivity contribution is 6.35. The molecule has 0 unspecified atom stereocenters. The Bertz CT molecular complexity index is 427. The first-order chi connectivity index (χ1) is 7.76. The Morgan fingerprint density at radius 2 is 1.82 bits per heavy atom. The second kappa shape index (κ2) is 4.03. The van der Waals surface area contributed by atoms with E-state index in [1.807, 2.05) is 0 Å². The number of nitrogens with zero attached hydrogens (tertiary/aromatic N) is 1. The van der Waals surface area contributed by atoms with Gasteiger partial charge in [0.25, 0.3) is 0 Å². The molecule has 0 saturated heterocycles. The van der Waals surface area contributed by atoms with Crippen LogP contribution in [0.15, 0.2) is 12.3 Å². The fraction of sp³-hybridized carbons (Fsp3) is 0.615. The molecule has 1 N–H and O–H groups in total. The summed E-state index contributed by atoms with van der Waals surface area (Å²) in [6, 6.07) is 1.71. The molecule has 1 heterocycles. The van der Waals surface area contributed by atoms with Gasteiger partial charge in [-0.3, -0.25) is 0 Å². The molecule has 1 aliphatic rings. The second-order valence-corrected chi connectivity index (χ2v) is 6.70. The van der Waals surface area contributed by atoms with E-state index in [0.29, 0.717) is 26.8 Å². The standard InChI is InChI=1S/C13H18Cl2N2/c1-12(2)10(13(12,3)4)7-17-11-9(15)5-8(14)6-16-11/h5-6,10H,7H2,1-4H3,(H,16,17). The molecule has 1 aliphatic carbocycles. The fourth-order valence-electron chi connectivity index (χ4n) is 2.59. The molecule has 0 atom stereocenters. The molecule has 1 fully saturated rings. The first-order valence-electron chi connectivity index (χ1n) is 5.81. The number of nitrogens with one attached hydrogen (secondary N) is 1. The lowest BCUT2D eigenvalue weighted by atomic mass is 10.0. The molecular weight excluding hydrogens is 255 g/mol. The normalized spacial score (nSPS) is 21.3. The number of pyridine rings is 1. The van der Waals surface area contributed by atoms with E-state index in [-0.39, 0.29) is 0 Å². The van der Waals surface area contributed by atoms with Crippen LogP contribution in [0.25, 0.3) is 0 Å². The summed E-state index contributed by atoms with van der Waals surface area (Å²) in [5.74, 6) is 1.36. The average molecular weight is 273 g/mol. The van der Waals surface area contributed by atoms with Crippen molar-refractivity contribution in [3.8, 4) is 0 Å². The van der Waals surface area contributed by atoms with Gasteiger partial charge in [-0.1, -0.05) is 50.9 Å². The van der Waals surface area contributed by atoms with Crippen LogP contribution in [0, 0.1) is 16.7 Å². The highest BCUT2D eigenvalue weighted by Gasteiger charge is 2.64. The third kappa shape index (κ3) is 2.13. The maximum Gasteiger partial charge on any atom is 0.144 e. The van der Waals surface area contributed by atoms with E-state index in [2.05, 4.69) is 38.0 Å². The molecular formula is C13H18Cl2N2. The maximum absolute atomic E-state index is 6.07. The van der Waals surface area contributed by atoms with E-state index in [0.717, 1.165) is 12.4 Å². The van der Waals surface area contributed by atoms with Crippen molar-refractivity contribution in [2.24, 2.45) is 16.7 Å². The van der Waals surface area contributed by atoms with Crippen molar-refractivity contribution < 1.29 is 0 Å². The molecule has 0 amide bonds. The summed E-state index contributed by atoms with van der Waals surface area (Å²) in [6.07, 6.45) is 1.61. The van der Waals surface area contributed by atoms with Crippen molar-refractivity contribution >= 4 is 29.0 Å². The zero-order chi connectivity index (χ0) is 12.8. The lowest BCUT2D eigenvalue weighted by Gasteiger charge is -2.08. The van der Waals surface area contributed by atoms with Gasteiger partial charge in [0.2, 0.25) is 0 Å². The molecule has 1 aromatic rings. The Morgan fingerprint density at radius 3 is 2.29 bits per heavy atom. The summed E-state index contributed by atoms with van der Waals surface area (Å²) in [7, 11) is 0. The molecule has 0 aromatic carbocycles. The third-order valence-electron chi connectivity index (χ3n) is 4.60. The van der Waals surface area contributed by atoms with Crippen LogP contribution in [-0.4, -0.2) is 11.5 Å². The van der Waals surface area contributed by atoms with Gasteiger partial charge in [0.15, 0.2) is 0 Å². The summed E-state index contributed by atoms with van der Waals surface area (Å²) in [5.41, 5.74) is 0.748. The molecule has 17 heavy (non-hydrogen) atoms. The topological polar surface area (TPSA) is 24.9 Å². The van der Waals surface area contributed by atoms with Gasteiger partial charge in [-0.05, 0) is 22.8 Å². The zero-order valence-corrected chi connectivity index (χ0v) is 12.2. The van der Waals surface area contributed by atoms with Crippen molar-refractivity contribution in [2.45, 2.75) is 27.7 Å². The molecule has 0 radical (unpaired) electrons. The van der Waals surface area contributed by atoms with Crippen molar-refractivity contribution in [3.63, 3.8) is 0 Å². The van der Waals surface area contributed by atoms with Crippen LogP contribution >= 0.6 is 23.2 Å². The molecule has 94 valence electrons. The quantitative estimate of drug-likeness (QED) is 0.878. The van der Waals surface area contributed by atoms with Gasteiger partial charge >= 0.3 is 0 Å². The third-order valence-corrected chi connectivity index (χ3v) is 5.10. The van der Waals surface area contributed by atoms with E-state index in [1.165, 1.54) is 0 Å². The summed E-state index contributed by atoms with van der Waals surface area (Å²) >= 11 is 11.9. The number of halogens is 2. The number of anilines is 1. The molecule has 2 rings (SSSR count). The van der Waals surface area contributed by atoms with Crippen LogP contribution in [0.3, 0.4) is 0 Å². The molecule has 2 nitrogen and oxygen atoms in total. The van der Waals surface area contributed by atoms with Crippen molar-refractivity contribution in [1.29, 1.82) is 0 Å². The number of hydrogen-bond donors (Lipinski definition) is 1. The van der Waals surface area contributed by atoms with Crippen LogP contribution < -0.4 is 5.32 Å². The lowest BCUT2D eigenvalue weighted by molar-refractivity contribution is 0.457. The molecule has 1 aromatic heterocycles. The Labute approximate surface area is 113 Å². The molecule has 0 bridgehead atoms. The number of aromatic nitrogens is 1. The van der Waals surface area contributed by atoms with Crippen LogP contribution in [0.2, 0.25) is 10.0 Å². The minimum Gasteiger partial charge on any atom is -0.369 e. The summed E-state index contributed by atoms with van der Waals surface area (Å²) in [5, 5.41) is 4.45. The van der Waals surface area contributed by atoms with E-state index in [9.17, 15) is 0 Å². The zero-order valence-electron chi connectivity index (χ0n) is 10.6. The monoisotopic (exact) mass is 272 g/mol. The maximum atomic E-state index is 6.07. The van der Waals surface area contributed by atoms with Crippen molar-refractivity contribution in [3.05, 3.63) is 22.3 Å². The van der Waals surface area contributed by atoms with Gasteiger partial charge in [-0.25, -0.2) is 4.98 Å². The minimum atomic E-state index is 0.374. The van der Waals surface area contributed by atoms with Crippen LogP contribution in [0.1, 0.15) is 27.7 Å². The highest BCUT2D eigenvalue weighted by Crippen LogP contribution is 2.68. The van der Waals surface area contributed by atoms with E-state index >= 15 is 0 Å². The minimum absolute atomic E-state index is 0.374. The molecule has 1 saturated carbocycles. The Hall–Kier alpha value is -0.470. The highest BCUT2D eigenvalue weighted by atomic mass is 35.5. The Morgan fingerprint density at radius 1 is 1.24 bits per heavy atom. The van der Waals surface area contributed by atoms with Gasteiger partial charge in [-0.2, -0.15) is 0 Å². The molecule has 4 heteroatoms. The van der Waals surface area contributed by atoms with Gasteiger partial charge in [0, 0.05) is 12.7 Å². The van der Waals surface area contributed by atoms with Crippen LogP contribution in [0.5, 0.6) is 0 Å². The van der Waals surface area contributed by atoms with E-state index in [1.54, 1.807) is 12.3 Å². The predicted octanol–water partition coefficient (Wildman–Crippen LogP) is 4.48. The second-order valence-electron chi connectivity index (χ2n) is 5.86.